The second-order valence-corrected chi connectivity index (χ2v) is 6.37. The molecule has 0 saturated heterocycles. The summed E-state index contributed by atoms with van der Waals surface area (Å²) in [6.45, 7) is 2.62. The van der Waals surface area contributed by atoms with Crippen LogP contribution in [0.25, 0.3) is 5.69 Å². The highest BCUT2D eigenvalue weighted by Gasteiger charge is 2.09. The van der Waals surface area contributed by atoms with Gasteiger partial charge in [0.1, 0.15) is 5.75 Å². The molecule has 23 heavy (non-hydrogen) atoms. The van der Waals surface area contributed by atoms with E-state index < -0.39 is 0 Å². The van der Waals surface area contributed by atoms with Gasteiger partial charge in [-0.2, -0.15) is 4.68 Å². The smallest absolute Gasteiger partial charge is 0.214 e. The molecule has 0 saturated carbocycles. The van der Waals surface area contributed by atoms with Crippen LogP contribution in [-0.4, -0.2) is 32.6 Å². The van der Waals surface area contributed by atoms with Crippen LogP contribution in [-0.2, 0) is 0 Å². The number of aryl methyl sites for hydroxylation is 1. The number of rotatable bonds is 6. The van der Waals surface area contributed by atoms with E-state index >= 15 is 0 Å². The molecule has 3 aromatic rings. The lowest BCUT2D eigenvalue weighted by molar-refractivity contribution is 0.343. The van der Waals surface area contributed by atoms with Crippen LogP contribution >= 0.6 is 23.4 Å². The van der Waals surface area contributed by atoms with Gasteiger partial charge in [0.25, 0.3) is 0 Å². The van der Waals surface area contributed by atoms with Crippen molar-refractivity contribution in [3.63, 3.8) is 0 Å². The van der Waals surface area contributed by atoms with Crippen molar-refractivity contribution < 1.29 is 4.74 Å². The molecule has 118 valence electrons. The third-order valence-electron chi connectivity index (χ3n) is 3.07. The van der Waals surface area contributed by atoms with Gasteiger partial charge >= 0.3 is 0 Å². The molecule has 0 aliphatic carbocycles. The minimum atomic E-state index is 0.580. The molecule has 0 fully saturated rings. The number of aromatic nitrogens is 4. The molecule has 2 aromatic carbocycles. The normalized spacial score (nSPS) is 10.7. The summed E-state index contributed by atoms with van der Waals surface area (Å²) >= 11 is 7.55. The molecule has 1 aromatic heterocycles. The highest BCUT2D eigenvalue weighted by atomic mass is 35.5. The van der Waals surface area contributed by atoms with Crippen LogP contribution in [0.5, 0.6) is 5.75 Å². The third-order valence-corrected chi connectivity index (χ3v) is 4.19. The van der Waals surface area contributed by atoms with Gasteiger partial charge in [-0.05, 0) is 53.2 Å². The molecule has 0 amide bonds. The van der Waals surface area contributed by atoms with Crippen LogP contribution in [0.1, 0.15) is 5.56 Å². The van der Waals surface area contributed by atoms with Gasteiger partial charge in [-0.15, -0.1) is 5.10 Å². The van der Waals surface area contributed by atoms with Crippen molar-refractivity contribution in [1.82, 2.24) is 20.2 Å². The summed E-state index contributed by atoms with van der Waals surface area (Å²) in [5.74, 6) is 1.62. The molecule has 0 unspecified atom stereocenters. The third kappa shape index (κ3) is 4.24. The highest BCUT2D eigenvalue weighted by Crippen LogP contribution is 2.20. The maximum absolute atomic E-state index is 6.01. The van der Waals surface area contributed by atoms with Crippen LogP contribution in [0.15, 0.2) is 53.7 Å². The summed E-state index contributed by atoms with van der Waals surface area (Å²) in [7, 11) is 0. The van der Waals surface area contributed by atoms with E-state index in [0.29, 0.717) is 16.8 Å². The molecule has 1 heterocycles. The summed E-state index contributed by atoms with van der Waals surface area (Å²) in [6, 6.07) is 15.4. The first-order valence-electron chi connectivity index (χ1n) is 7.09. The summed E-state index contributed by atoms with van der Waals surface area (Å²) in [6.07, 6.45) is 0. The Labute approximate surface area is 143 Å². The fourth-order valence-electron chi connectivity index (χ4n) is 2.04. The van der Waals surface area contributed by atoms with Crippen molar-refractivity contribution in [2.45, 2.75) is 12.1 Å². The zero-order valence-electron chi connectivity index (χ0n) is 12.5. The van der Waals surface area contributed by atoms with Gasteiger partial charge in [0.05, 0.1) is 12.3 Å². The van der Waals surface area contributed by atoms with Crippen LogP contribution in [0, 0.1) is 6.92 Å². The predicted octanol–water partition coefficient (Wildman–Crippen LogP) is 3.80. The van der Waals surface area contributed by atoms with Gasteiger partial charge < -0.3 is 4.74 Å². The van der Waals surface area contributed by atoms with E-state index in [1.54, 1.807) is 4.68 Å². The molecule has 0 radical (unpaired) electrons. The number of ether oxygens (including phenoxy) is 1. The highest BCUT2D eigenvalue weighted by molar-refractivity contribution is 7.99. The van der Waals surface area contributed by atoms with Gasteiger partial charge in [0.15, 0.2) is 0 Å². The molecule has 5 nitrogen and oxygen atoms in total. The summed E-state index contributed by atoms with van der Waals surface area (Å²) in [4.78, 5) is 0. The molecular formula is C16H15ClN4OS. The van der Waals surface area contributed by atoms with E-state index in [1.165, 1.54) is 17.3 Å². The zero-order valence-corrected chi connectivity index (χ0v) is 14.1. The Morgan fingerprint density at radius 1 is 1.17 bits per heavy atom. The molecule has 0 atom stereocenters. The molecule has 7 heteroatoms. The van der Waals surface area contributed by atoms with Gasteiger partial charge in [-0.25, -0.2) is 0 Å². The van der Waals surface area contributed by atoms with Crippen molar-refractivity contribution in [1.29, 1.82) is 0 Å². The molecule has 0 N–H and O–H groups in total. The molecule has 3 rings (SSSR count). The Bertz CT molecular complexity index is 793. The van der Waals surface area contributed by atoms with Gasteiger partial charge in [-0.3, -0.25) is 0 Å². The van der Waals surface area contributed by atoms with Crippen molar-refractivity contribution >= 4 is 23.4 Å². The molecule has 0 aliphatic heterocycles. The number of tetrazole rings is 1. The van der Waals surface area contributed by atoms with Crippen LogP contribution in [0.3, 0.4) is 0 Å². The molecule has 0 aliphatic rings. The number of hydrogen-bond donors (Lipinski definition) is 0. The van der Waals surface area contributed by atoms with Crippen molar-refractivity contribution in [2.24, 2.45) is 0 Å². The fourth-order valence-corrected chi connectivity index (χ4v) is 2.93. The maximum atomic E-state index is 6.01. The molecular weight excluding hydrogens is 332 g/mol. The van der Waals surface area contributed by atoms with E-state index in [0.717, 1.165) is 17.2 Å². The number of halogens is 1. The minimum Gasteiger partial charge on any atom is -0.493 e. The second-order valence-electron chi connectivity index (χ2n) is 4.87. The first-order chi connectivity index (χ1) is 11.2. The summed E-state index contributed by atoms with van der Waals surface area (Å²) < 4.78 is 7.40. The predicted molar refractivity (Wildman–Crippen MR) is 91.6 cm³/mol. The monoisotopic (exact) mass is 346 g/mol. The summed E-state index contributed by atoms with van der Waals surface area (Å²) in [5.41, 5.74) is 2.02. The van der Waals surface area contributed by atoms with Crippen molar-refractivity contribution in [3.8, 4) is 11.4 Å². The largest absolute Gasteiger partial charge is 0.493 e. The van der Waals surface area contributed by atoms with Crippen molar-refractivity contribution in [2.75, 3.05) is 12.4 Å². The quantitative estimate of drug-likeness (QED) is 0.502. The van der Waals surface area contributed by atoms with Crippen molar-refractivity contribution in [3.05, 3.63) is 59.1 Å². The lowest BCUT2D eigenvalue weighted by Gasteiger charge is -2.07. The lowest BCUT2D eigenvalue weighted by Crippen LogP contribution is -2.03. The zero-order chi connectivity index (χ0) is 16.1. The fraction of sp³-hybridized carbons (Fsp3) is 0.188. The topological polar surface area (TPSA) is 52.8 Å². The average Bonchev–Trinajstić information content (AvgIpc) is 3.00. The molecule has 0 spiro atoms. The second kappa shape index (κ2) is 7.48. The lowest BCUT2D eigenvalue weighted by atomic mass is 10.2. The average molecular weight is 347 g/mol. The number of nitrogens with zero attached hydrogens (tertiary/aromatic N) is 4. The number of thioether (sulfide) groups is 1. The Kier molecular flexibility index (Phi) is 5.15. The van der Waals surface area contributed by atoms with E-state index in [1.807, 2.05) is 55.5 Å². The van der Waals surface area contributed by atoms with E-state index in [2.05, 4.69) is 15.5 Å². The van der Waals surface area contributed by atoms with Crippen LogP contribution in [0.2, 0.25) is 5.02 Å². The molecule has 0 bridgehead atoms. The summed E-state index contributed by atoms with van der Waals surface area (Å²) in [5, 5.41) is 13.2. The first-order valence-corrected chi connectivity index (χ1v) is 8.45. The van der Waals surface area contributed by atoms with Crippen LogP contribution < -0.4 is 4.74 Å². The number of benzene rings is 2. The maximum Gasteiger partial charge on any atom is 0.214 e. The Balaban J connectivity index is 1.58. The first kappa shape index (κ1) is 15.8. The number of hydrogen-bond acceptors (Lipinski definition) is 5. The SMILES string of the molecule is Cc1cccc(OCCSc2nnnn2-c2cccc(Cl)c2)c1. The van der Waals surface area contributed by atoms with E-state index in [-0.39, 0.29) is 0 Å². The standard InChI is InChI=1S/C16H15ClN4OS/c1-12-4-2-7-15(10-12)22-8-9-23-16-18-19-20-21(16)14-6-3-5-13(17)11-14/h2-7,10-11H,8-9H2,1H3. The Hall–Kier alpha value is -2.05. The van der Waals surface area contributed by atoms with Crippen LogP contribution in [0.4, 0.5) is 0 Å². The van der Waals surface area contributed by atoms with Gasteiger partial charge in [-0.1, -0.05) is 41.6 Å². The van der Waals surface area contributed by atoms with E-state index in [4.69, 9.17) is 16.3 Å². The van der Waals surface area contributed by atoms with Gasteiger partial charge in [0.2, 0.25) is 5.16 Å². The Morgan fingerprint density at radius 2 is 2.04 bits per heavy atom. The van der Waals surface area contributed by atoms with E-state index in [9.17, 15) is 0 Å². The minimum absolute atomic E-state index is 0.580. The Morgan fingerprint density at radius 3 is 2.87 bits per heavy atom. The van der Waals surface area contributed by atoms with Gasteiger partial charge in [0, 0.05) is 10.8 Å².